The number of anilines is 1. The van der Waals surface area contributed by atoms with E-state index in [9.17, 15) is 14.9 Å². The molecule has 0 fully saturated rings. The molecule has 1 aliphatic rings. The van der Waals surface area contributed by atoms with Crippen LogP contribution < -0.4 is 5.32 Å². The first-order valence-corrected chi connectivity index (χ1v) is 7.08. The quantitative estimate of drug-likeness (QED) is 0.694. The van der Waals surface area contributed by atoms with Gasteiger partial charge in [0.15, 0.2) is 0 Å². The molecule has 0 unspecified atom stereocenters. The molecule has 2 aromatic rings. The third kappa shape index (κ3) is 2.69. The van der Waals surface area contributed by atoms with Gasteiger partial charge < -0.3 is 4.52 Å². The normalized spacial score (nSPS) is 16.9. The first-order valence-electron chi connectivity index (χ1n) is 7.08. The molecular weight excluding hydrogens is 286 g/mol. The minimum absolute atomic E-state index is 0.0533. The van der Waals surface area contributed by atoms with Crippen LogP contribution in [0.15, 0.2) is 28.8 Å². The second kappa shape index (κ2) is 5.59. The fourth-order valence-electron chi connectivity index (χ4n) is 2.59. The zero-order valence-corrected chi connectivity index (χ0v) is 12.0. The number of amides is 1. The highest BCUT2D eigenvalue weighted by Gasteiger charge is 2.24. The maximum Gasteiger partial charge on any atom is 0.269 e. The number of hydrogen-bond donors (Lipinski definition) is 1. The van der Waals surface area contributed by atoms with Crippen molar-refractivity contribution in [3.8, 4) is 0 Å². The van der Waals surface area contributed by atoms with Gasteiger partial charge in [-0.05, 0) is 37.3 Å². The number of hydrogen-bond acceptors (Lipinski definition) is 5. The summed E-state index contributed by atoms with van der Waals surface area (Å²) in [4.78, 5) is 22.3. The summed E-state index contributed by atoms with van der Waals surface area (Å²) in [5, 5.41) is 17.3. The Hall–Kier alpha value is -2.70. The van der Waals surface area contributed by atoms with Gasteiger partial charge in [-0.3, -0.25) is 20.2 Å². The maximum absolute atomic E-state index is 12.2. The Labute approximate surface area is 126 Å². The molecule has 7 nitrogen and oxygen atoms in total. The van der Waals surface area contributed by atoms with Gasteiger partial charge in [-0.25, -0.2) is 0 Å². The van der Waals surface area contributed by atoms with Crippen LogP contribution in [0.4, 0.5) is 11.6 Å². The predicted octanol–water partition coefficient (Wildman–Crippen LogP) is 2.96. The van der Waals surface area contributed by atoms with Gasteiger partial charge >= 0.3 is 0 Å². The smallest absolute Gasteiger partial charge is 0.269 e. The lowest BCUT2D eigenvalue weighted by Crippen LogP contribution is -2.15. The summed E-state index contributed by atoms with van der Waals surface area (Å²) in [5.41, 5.74) is 2.13. The van der Waals surface area contributed by atoms with Crippen molar-refractivity contribution < 1.29 is 14.2 Å². The SMILES string of the molecule is C[C@@H]1CCc2noc(NC(=O)c3ccc([N+](=O)[O-])cc3)c2C1. The number of benzene rings is 1. The van der Waals surface area contributed by atoms with E-state index in [1.165, 1.54) is 24.3 Å². The molecule has 0 radical (unpaired) electrons. The first kappa shape index (κ1) is 14.2. The highest BCUT2D eigenvalue weighted by molar-refractivity contribution is 6.04. The largest absolute Gasteiger partial charge is 0.338 e. The number of fused-ring (bicyclic) bond motifs is 1. The number of nitro groups is 1. The van der Waals surface area contributed by atoms with Gasteiger partial charge in [0.2, 0.25) is 5.88 Å². The monoisotopic (exact) mass is 301 g/mol. The molecule has 0 bridgehead atoms. The Morgan fingerprint density at radius 2 is 2.14 bits per heavy atom. The average Bonchev–Trinajstić information content (AvgIpc) is 2.89. The van der Waals surface area contributed by atoms with E-state index >= 15 is 0 Å². The molecule has 0 spiro atoms. The Balaban J connectivity index is 1.77. The molecule has 1 amide bonds. The fraction of sp³-hybridized carbons (Fsp3) is 0.333. The van der Waals surface area contributed by atoms with Crippen molar-refractivity contribution in [1.29, 1.82) is 0 Å². The predicted molar refractivity (Wildman–Crippen MR) is 78.7 cm³/mol. The number of nitrogens with one attached hydrogen (secondary N) is 1. The van der Waals surface area contributed by atoms with Crippen LogP contribution in [0.3, 0.4) is 0 Å². The van der Waals surface area contributed by atoms with Crippen molar-refractivity contribution in [3.63, 3.8) is 0 Å². The molecule has 1 heterocycles. The summed E-state index contributed by atoms with van der Waals surface area (Å²) in [6, 6.07) is 5.43. The van der Waals surface area contributed by atoms with E-state index in [1.54, 1.807) is 0 Å². The van der Waals surface area contributed by atoms with E-state index < -0.39 is 4.92 Å². The van der Waals surface area contributed by atoms with Crippen LogP contribution in [0.1, 0.15) is 35.0 Å². The second-order valence-corrected chi connectivity index (χ2v) is 5.54. The molecule has 3 rings (SSSR count). The summed E-state index contributed by atoms with van der Waals surface area (Å²) in [6.45, 7) is 2.15. The number of aromatic nitrogens is 1. The molecule has 0 saturated carbocycles. The standard InChI is InChI=1S/C15H15N3O4/c1-9-2-7-13-12(8-9)15(22-17-13)16-14(19)10-3-5-11(6-4-10)18(20)21/h3-6,9H,2,7-8H2,1H3,(H,16,19)/t9-/m1/s1. The molecular formula is C15H15N3O4. The van der Waals surface area contributed by atoms with E-state index in [0.717, 1.165) is 30.5 Å². The van der Waals surface area contributed by atoms with Crippen LogP contribution >= 0.6 is 0 Å². The third-order valence-electron chi connectivity index (χ3n) is 3.86. The van der Waals surface area contributed by atoms with Crippen LogP contribution in [0, 0.1) is 16.0 Å². The minimum atomic E-state index is -0.504. The fourth-order valence-corrected chi connectivity index (χ4v) is 2.59. The highest BCUT2D eigenvalue weighted by Crippen LogP contribution is 2.30. The Morgan fingerprint density at radius 3 is 2.82 bits per heavy atom. The summed E-state index contributed by atoms with van der Waals surface area (Å²) < 4.78 is 5.23. The van der Waals surface area contributed by atoms with Crippen molar-refractivity contribution in [1.82, 2.24) is 5.16 Å². The third-order valence-corrected chi connectivity index (χ3v) is 3.86. The molecule has 1 N–H and O–H groups in total. The van der Waals surface area contributed by atoms with Crippen molar-refractivity contribution in [2.75, 3.05) is 5.32 Å². The summed E-state index contributed by atoms with van der Waals surface area (Å²) >= 11 is 0. The summed E-state index contributed by atoms with van der Waals surface area (Å²) in [5.74, 6) is 0.541. The van der Waals surface area contributed by atoms with Gasteiger partial charge in [0.05, 0.1) is 10.6 Å². The van der Waals surface area contributed by atoms with Crippen molar-refractivity contribution in [3.05, 3.63) is 51.2 Å². The van der Waals surface area contributed by atoms with Gasteiger partial charge in [-0.1, -0.05) is 12.1 Å². The summed E-state index contributed by atoms with van der Waals surface area (Å²) in [6.07, 6.45) is 2.75. The number of rotatable bonds is 3. The number of nitrogens with zero attached hydrogens (tertiary/aromatic N) is 2. The molecule has 1 atom stereocenters. The highest BCUT2D eigenvalue weighted by atomic mass is 16.6. The molecule has 0 aliphatic heterocycles. The van der Waals surface area contributed by atoms with Crippen LogP contribution in [-0.2, 0) is 12.8 Å². The zero-order chi connectivity index (χ0) is 15.7. The van der Waals surface area contributed by atoms with Crippen LogP contribution in [-0.4, -0.2) is 16.0 Å². The zero-order valence-electron chi connectivity index (χ0n) is 12.0. The van der Waals surface area contributed by atoms with Crippen LogP contribution in [0.2, 0.25) is 0 Å². The molecule has 114 valence electrons. The number of nitro benzene ring substituents is 1. The summed E-state index contributed by atoms with van der Waals surface area (Å²) in [7, 11) is 0. The molecule has 1 aromatic heterocycles. The number of aryl methyl sites for hydroxylation is 1. The van der Waals surface area contributed by atoms with Gasteiger partial charge in [-0.2, -0.15) is 0 Å². The van der Waals surface area contributed by atoms with Crippen molar-refractivity contribution >= 4 is 17.5 Å². The lowest BCUT2D eigenvalue weighted by molar-refractivity contribution is -0.384. The minimum Gasteiger partial charge on any atom is -0.338 e. The van der Waals surface area contributed by atoms with Crippen molar-refractivity contribution in [2.45, 2.75) is 26.2 Å². The van der Waals surface area contributed by atoms with Crippen molar-refractivity contribution in [2.24, 2.45) is 5.92 Å². The van der Waals surface area contributed by atoms with Gasteiger partial charge in [-0.15, -0.1) is 0 Å². The number of carbonyl (C=O) groups is 1. The van der Waals surface area contributed by atoms with E-state index in [-0.39, 0.29) is 11.6 Å². The topological polar surface area (TPSA) is 98.3 Å². The lowest BCUT2D eigenvalue weighted by atomic mass is 9.89. The maximum atomic E-state index is 12.2. The van der Waals surface area contributed by atoms with Crippen LogP contribution in [0.25, 0.3) is 0 Å². The Bertz CT molecular complexity index is 721. The Morgan fingerprint density at radius 1 is 1.41 bits per heavy atom. The second-order valence-electron chi connectivity index (χ2n) is 5.54. The van der Waals surface area contributed by atoms with E-state index in [2.05, 4.69) is 17.4 Å². The first-order chi connectivity index (χ1) is 10.5. The van der Waals surface area contributed by atoms with Gasteiger partial charge in [0.1, 0.15) is 0 Å². The number of non-ortho nitro benzene ring substituents is 1. The Kier molecular flexibility index (Phi) is 3.62. The molecule has 1 aliphatic carbocycles. The van der Waals surface area contributed by atoms with E-state index in [1.807, 2.05) is 0 Å². The molecule has 7 heteroatoms. The number of carbonyl (C=O) groups excluding carboxylic acids is 1. The van der Waals surface area contributed by atoms with Gasteiger partial charge in [0, 0.05) is 23.3 Å². The molecule has 0 saturated heterocycles. The lowest BCUT2D eigenvalue weighted by Gasteiger charge is -2.16. The van der Waals surface area contributed by atoms with E-state index in [0.29, 0.717) is 17.4 Å². The molecule has 22 heavy (non-hydrogen) atoms. The van der Waals surface area contributed by atoms with Crippen LogP contribution in [0.5, 0.6) is 0 Å². The van der Waals surface area contributed by atoms with E-state index in [4.69, 9.17) is 4.52 Å². The molecule has 1 aromatic carbocycles. The van der Waals surface area contributed by atoms with Gasteiger partial charge in [0.25, 0.3) is 11.6 Å². The average molecular weight is 301 g/mol.